The second-order valence-corrected chi connectivity index (χ2v) is 6.03. The van der Waals surface area contributed by atoms with E-state index in [-0.39, 0.29) is 11.6 Å². The van der Waals surface area contributed by atoms with Crippen molar-refractivity contribution in [2.24, 2.45) is 0 Å². The minimum atomic E-state index is -0.346. The number of hydrogen-bond acceptors (Lipinski definition) is 4. The van der Waals surface area contributed by atoms with E-state index in [2.05, 4.69) is 20.6 Å². The fraction of sp³-hybridized carbons (Fsp3) is 0.0714. The number of anilines is 1. The Labute approximate surface area is 134 Å². The zero-order valence-corrected chi connectivity index (χ0v) is 12.8. The molecule has 3 rings (SSSR count). The number of aromatic amines is 1. The van der Waals surface area contributed by atoms with Crippen LogP contribution < -0.4 is 16.2 Å². The number of H-pyrrole nitrogens is 1. The second kappa shape index (κ2) is 6.17. The smallest absolute Gasteiger partial charge is 0.319 e. The SMILES string of the molecule is O=C(NCc1cc2c(=O)[nH]cnc2s1)Nc1cccc(Cl)c1. The summed E-state index contributed by atoms with van der Waals surface area (Å²) in [6, 6.07) is 8.26. The summed E-state index contributed by atoms with van der Waals surface area (Å²) < 4.78 is 0. The van der Waals surface area contributed by atoms with Crippen LogP contribution in [-0.2, 0) is 6.54 Å². The maximum Gasteiger partial charge on any atom is 0.319 e. The first-order valence-electron chi connectivity index (χ1n) is 6.38. The molecule has 0 bridgehead atoms. The summed E-state index contributed by atoms with van der Waals surface area (Å²) in [6.45, 7) is 0.312. The van der Waals surface area contributed by atoms with Crippen molar-refractivity contribution in [3.05, 3.63) is 56.9 Å². The summed E-state index contributed by atoms with van der Waals surface area (Å²) in [5.74, 6) is 0. The lowest BCUT2D eigenvalue weighted by atomic mass is 10.3. The molecule has 0 unspecified atom stereocenters. The molecule has 1 aromatic carbocycles. The van der Waals surface area contributed by atoms with Crippen LogP contribution in [0.25, 0.3) is 10.2 Å². The number of nitrogens with one attached hydrogen (secondary N) is 3. The van der Waals surface area contributed by atoms with Crippen molar-refractivity contribution in [2.75, 3.05) is 5.32 Å². The second-order valence-electron chi connectivity index (χ2n) is 4.48. The van der Waals surface area contributed by atoms with Crippen LogP contribution >= 0.6 is 22.9 Å². The third-order valence-electron chi connectivity index (χ3n) is 2.89. The minimum absolute atomic E-state index is 0.184. The Hall–Kier alpha value is -2.38. The van der Waals surface area contributed by atoms with Gasteiger partial charge in [-0.15, -0.1) is 11.3 Å². The Kier molecular flexibility index (Phi) is 4.08. The van der Waals surface area contributed by atoms with E-state index in [0.29, 0.717) is 27.5 Å². The zero-order valence-electron chi connectivity index (χ0n) is 11.2. The lowest BCUT2D eigenvalue weighted by Gasteiger charge is -2.06. The molecule has 0 saturated carbocycles. The van der Waals surface area contributed by atoms with E-state index in [1.54, 1.807) is 30.3 Å². The quantitative estimate of drug-likeness (QED) is 0.688. The van der Waals surface area contributed by atoms with E-state index in [1.807, 2.05) is 0 Å². The van der Waals surface area contributed by atoms with Gasteiger partial charge in [-0.2, -0.15) is 0 Å². The largest absolute Gasteiger partial charge is 0.333 e. The number of halogens is 1. The van der Waals surface area contributed by atoms with Gasteiger partial charge in [-0.05, 0) is 24.3 Å². The Morgan fingerprint density at radius 3 is 3.00 bits per heavy atom. The Bertz CT molecular complexity index is 890. The molecule has 112 valence electrons. The van der Waals surface area contributed by atoms with Gasteiger partial charge in [0.05, 0.1) is 18.3 Å². The number of benzene rings is 1. The average Bonchev–Trinajstić information content (AvgIpc) is 2.90. The third-order valence-corrected chi connectivity index (χ3v) is 4.17. The van der Waals surface area contributed by atoms with E-state index in [9.17, 15) is 9.59 Å². The number of fused-ring (bicyclic) bond motifs is 1. The van der Waals surface area contributed by atoms with Crippen LogP contribution in [0.3, 0.4) is 0 Å². The molecule has 8 heteroatoms. The van der Waals surface area contributed by atoms with Crippen LogP contribution in [0.15, 0.2) is 41.5 Å². The first-order chi connectivity index (χ1) is 10.6. The van der Waals surface area contributed by atoms with Gasteiger partial charge in [0.2, 0.25) is 0 Å². The number of carbonyl (C=O) groups excluding carboxylic acids is 1. The third kappa shape index (κ3) is 3.26. The van der Waals surface area contributed by atoms with Gasteiger partial charge in [0, 0.05) is 15.6 Å². The molecule has 0 aliphatic carbocycles. The van der Waals surface area contributed by atoms with Gasteiger partial charge in [-0.1, -0.05) is 17.7 Å². The monoisotopic (exact) mass is 334 g/mol. The number of carbonyl (C=O) groups is 1. The van der Waals surface area contributed by atoms with Crippen LogP contribution in [0.5, 0.6) is 0 Å². The molecule has 0 atom stereocenters. The minimum Gasteiger partial charge on any atom is -0.333 e. The molecular formula is C14H11ClN4O2S. The molecule has 3 aromatic rings. The number of thiophene rings is 1. The molecule has 6 nitrogen and oxygen atoms in total. The summed E-state index contributed by atoms with van der Waals surface area (Å²) in [7, 11) is 0. The topological polar surface area (TPSA) is 86.9 Å². The molecule has 0 fully saturated rings. The molecule has 3 N–H and O–H groups in total. The lowest BCUT2D eigenvalue weighted by Crippen LogP contribution is -2.27. The molecule has 0 aliphatic rings. The summed E-state index contributed by atoms with van der Waals surface area (Å²) in [5.41, 5.74) is 0.426. The van der Waals surface area contributed by atoms with Crippen LogP contribution in [0.1, 0.15) is 4.88 Å². The highest BCUT2D eigenvalue weighted by Gasteiger charge is 2.07. The van der Waals surface area contributed by atoms with E-state index < -0.39 is 0 Å². The number of nitrogens with zero attached hydrogens (tertiary/aromatic N) is 1. The Morgan fingerprint density at radius 2 is 2.23 bits per heavy atom. The van der Waals surface area contributed by atoms with E-state index in [4.69, 9.17) is 11.6 Å². The van der Waals surface area contributed by atoms with Crippen LogP contribution in [0, 0.1) is 0 Å². The van der Waals surface area contributed by atoms with Gasteiger partial charge >= 0.3 is 6.03 Å². The molecule has 0 radical (unpaired) electrons. The van der Waals surface area contributed by atoms with E-state index in [0.717, 1.165) is 4.88 Å². The number of rotatable bonds is 3. The van der Waals surface area contributed by atoms with Crippen molar-refractivity contribution in [3.63, 3.8) is 0 Å². The highest BCUT2D eigenvalue weighted by Crippen LogP contribution is 2.20. The number of aromatic nitrogens is 2. The van der Waals surface area contributed by atoms with E-state index >= 15 is 0 Å². The Morgan fingerprint density at radius 1 is 1.36 bits per heavy atom. The van der Waals surface area contributed by atoms with Gasteiger partial charge in [0.1, 0.15) is 4.83 Å². The number of amides is 2. The predicted molar refractivity (Wildman–Crippen MR) is 87.6 cm³/mol. The van der Waals surface area contributed by atoms with Gasteiger partial charge in [0.15, 0.2) is 0 Å². The van der Waals surface area contributed by atoms with Gasteiger partial charge in [0.25, 0.3) is 5.56 Å². The standard InChI is InChI=1S/C14H11ClN4O2S/c15-8-2-1-3-9(4-8)19-14(21)16-6-10-5-11-12(20)17-7-18-13(11)22-10/h1-5,7H,6H2,(H2,16,19,21)(H,17,18,20). The van der Waals surface area contributed by atoms with Crippen LogP contribution in [-0.4, -0.2) is 16.0 Å². The lowest BCUT2D eigenvalue weighted by molar-refractivity contribution is 0.252. The predicted octanol–water partition coefficient (Wildman–Crippen LogP) is 2.96. The molecule has 0 aliphatic heterocycles. The van der Waals surface area contributed by atoms with Crippen molar-refractivity contribution >= 4 is 44.9 Å². The van der Waals surface area contributed by atoms with Gasteiger partial charge < -0.3 is 15.6 Å². The van der Waals surface area contributed by atoms with E-state index in [1.165, 1.54) is 17.7 Å². The molecule has 2 aromatic heterocycles. The highest BCUT2D eigenvalue weighted by molar-refractivity contribution is 7.18. The fourth-order valence-electron chi connectivity index (χ4n) is 1.91. The van der Waals surface area contributed by atoms with Crippen molar-refractivity contribution in [1.29, 1.82) is 0 Å². The number of urea groups is 1. The van der Waals surface area contributed by atoms with Crippen LogP contribution in [0.2, 0.25) is 5.02 Å². The van der Waals surface area contributed by atoms with Gasteiger partial charge in [-0.3, -0.25) is 4.79 Å². The maximum atomic E-state index is 11.8. The molecule has 0 saturated heterocycles. The highest BCUT2D eigenvalue weighted by atomic mass is 35.5. The van der Waals surface area contributed by atoms with Crippen LogP contribution in [0.4, 0.5) is 10.5 Å². The summed E-state index contributed by atoms with van der Waals surface area (Å²) in [4.78, 5) is 31.5. The summed E-state index contributed by atoms with van der Waals surface area (Å²) >= 11 is 7.22. The zero-order chi connectivity index (χ0) is 15.5. The first-order valence-corrected chi connectivity index (χ1v) is 7.58. The van der Waals surface area contributed by atoms with Crippen molar-refractivity contribution < 1.29 is 4.79 Å². The summed E-state index contributed by atoms with van der Waals surface area (Å²) in [6.07, 6.45) is 1.37. The van der Waals surface area contributed by atoms with Crippen molar-refractivity contribution in [2.45, 2.75) is 6.54 Å². The van der Waals surface area contributed by atoms with Gasteiger partial charge in [-0.25, -0.2) is 9.78 Å². The average molecular weight is 335 g/mol. The fourth-order valence-corrected chi connectivity index (χ4v) is 3.04. The Balaban J connectivity index is 1.65. The number of hydrogen-bond donors (Lipinski definition) is 3. The first kappa shape index (κ1) is 14.6. The maximum absolute atomic E-state index is 11.8. The molecule has 2 amide bonds. The molecular weight excluding hydrogens is 324 g/mol. The summed E-state index contributed by atoms with van der Waals surface area (Å²) in [5, 5.41) is 6.49. The van der Waals surface area contributed by atoms with Crippen molar-refractivity contribution in [1.82, 2.24) is 15.3 Å². The molecule has 0 spiro atoms. The molecule has 2 heterocycles. The van der Waals surface area contributed by atoms with Crippen molar-refractivity contribution in [3.8, 4) is 0 Å². The molecule has 22 heavy (non-hydrogen) atoms. The normalized spacial score (nSPS) is 10.6.